The van der Waals surface area contributed by atoms with E-state index >= 15 is 0 Å². The fourth-order valence-corrected chi connectivity index (χ4v) is 5.01. The van der Waals surface area contributed by atoms with Crippen LogP contribution in [0.5, 0.6) is 0 Å². The molecule has 4 rings (SSSR count). The Morgan fingerprint density at radius 1 is 1.13 bits per heavy atom. The van der Waals surface area contributed by atoms with E-state index in [4.69, 9.17) is 23.8 Å². The Morgan fingerprint density at radius 3 is 2.47 bits per heavy atom. The Labute approximate surface area is 187 Å². The van der Waals surface area contributed by atoms with E-state index in [1.807, 2.05) is 18.2 Å². The number of halogens is 1. The summed E-state index contributed by atoms with van der Waals surface area (Å²) in [6.07, 6.45) is 0. The molecule has 2 aliphatic rings. The number of nitrogens with zero attached hydrogens (tertiary/aromatic N) is 2. The lowest BCUT2D eigenvalue weighted by atomic mass is 10.1. The average Bonchev–Trinajstić information content (AvgIpc) is 3.16. The molecule has 1 atom stereocenters. The van der Waals surface area contributed by atoms with Crippen LogP contribution in [0.4, 0.5) is 5.69 Å². The lowest BCUT2D eigenvalue weighted by Gasteiger charge is -2.23. The summed E-state index contributed by atoms with van der Waals surface area (Å²) in [7, 11) is 0. The van der Waals surface area contributed by atoms with Gasteiger partial charge in [0.05, 0.1) is 34.7 Å². The highest BCUT2D eigenvalue weighted by Gasteiger charge is 2.43. The SMILES string of the molecule is C[C@H](C(=O)[O-])N1C(=O)/C(=C2/C(=O)N(Cc3ccc(Cl)cc3)c3ccccc32)SC1=S. The molecule has 2 amide bonds. The molecule has 6 nitrogen and oxygen atoms in total. The van der Waals surface area contributed by atoms with Crippen molar-refractivity contribution in [1.29, 1.82) is 0 Å². The van der Waals surface area contributed by atoms with Gasteiger partial charge in [-0.1, -0.05) is 65.9 Å². The summed E-state index contributed by atoms with van der Waals surface area (Å²) < 4.78 is 0.0839. The summed E-state index contributed by atoms with van der Waals surface area (Å²) in [6.45, 7) is 1.62. The van der Waals surface area contributed by atoms with Crippen LogP contribution in [-0.4, -0.2) is 33.0 Å². The Bertz CT molecular complexity index is 1130. The highest BCUT2D eigenvalue weighted by Crippen LogP contribution is 2.45. The molecule has 2 aromatic rings. The topological polar surface area (TPSA) is 80.7 Å². The minimum absolute atomic E-state index is 0.0839. The van der Waals surface area contributed by atoms with Gasteiger partial charge in [0.1, 0.15) is 4.32 Å². The number of aliphatic carboxylic acids is 1. The zero-order valence-electron chi connectivity index (χ0n) is 15.6. The highest BCUT2D eigenvalue weighted by atomic mass is 35.5. The van der Waals surface area contributed by atoms with Gasteiger partial charge in [-0.15, -0.1) is 0 Å². The highest BCUT2D eigenvalue weighted by molar-refractivity contribution is 8.26. The molecule has 2 aromatic carbocycles. The summed E-state index contributed by atoms with van der Waals surface area (Å²) in [5.41, 5.74) is 2.38. The Balaban J connectivity index is 1.77. The van der Waals surface area contributed by atoms with Crippen LogP contribution in [0.3, 0.4) is 0 Å². The zero-order chi connectivity index (χ0) is 21.6. The maximum atomic E-state index is 13.4. The average molecular weight is 458 g/mol. The lowest BCUT2D eigenvalue weighted by molar-refractivity contribution is -0.309. The summed E-state index contributed by atoms with van der Waals surface area (Å²) in [6, 6.07) is 13.1. The first-order chi connectivity index (χ1) is 14.3. The smallest absolute Gasteiger partial charge is 0.267 e. The molecule has 30 heavy (non-hydrogen) atoms. The predicted molar refractivity (Wildman–Crippen MR) is 118 cm³/mol. The zero-order valence-corrected chi connectivity index (χ0v) is 18.0. The third-order valence-electron chi connectivity index (χ3n) is 4.93. The standard InChI is InChI=1S/C21H15ClN2O4S2/c1-11(20(27)28)24-19(26)17(30-21(24)29)16-14-4-2-3-5-15(14)23(18(16)25)10-12-6-8-13(22)9-7-12/h2-9,11H,10H2,1H3,(H,27,28)/p-1/b17-16-/t11-/m1/s1. The molecule has 9 heteroatoms. The lowest BCUT2D eigenvalue weighted by Crippen LogP contribution is -2.48. The van der Waals surface area contributed by atoms with Crippen molar-refractivity contribution in [2.75, 3.05) is 4.90 Å². The van der Waals surface area contributed by atoms with Crippen molar-refractivity contribution in [2.45, 2.75) is 19.5 Å². The summed E-state index contributed by atoms with van der Waals surface area (Å²) >= 11 is 12.1. The number of thioether (sulfide) groups is 1. The van der Waals surface area contributed by atoms with Crippen molar-refractivity contribution in [3.63, 3.8) is 0 Å². The Kier molecular flexibility index (Phi) is 5.40. The van der Waals surface area contributed by atoms with Gasteiger partial charge in [0.2, 0.25) is 0 Å². The molecule has 1 fully saturated rings. The number of carboxylic acids is 1. The number of hydrogen-bond donors (Lipinski definition) is 0. The molecule has 1 saturated heterocycles. The minimum atomic E-state index is -1.42. The molecule has 0 bridgehead atoms. The Hall–Kier alpha value is -2.68. The molecular weight excluding hydrogens is 444 g/mol. The van der Waals surface area contributed by atoms with Crippen molar-refractivity contribution < 1.29 is 19.5 Å². The largest absolute Gasteiger partial charge is 0.548 e. The van der Waals surface area contributed by atoms with Gasteiger partial charge in [0, 0.05) is 10.6 Å². The first-order valence-electron chi connectivity index (χ1n) is 8.96. The number of amides is 2. The maximum Gasteiger partial charge on any atom is 0.267 e. The molecule has 0 unspecified atom stereocenters. The van der Waals surface area contributed by atoms with Crippen molar-refractivity contribution >= 4 is 68.9 Å². The van der Waals surface area contributed by atoms with Gasteiger partial charge in [0.25, 0.3) is 11.8 Å². The monoisotopic (exact) mass is 457 g/mol. The van der Waals surface area contributed by atoms with Crippen LogP contribution in [0.1, 0.15) is 18.1 Å². The van der Waals surface area contributed by atoms with Crippen molar-refractivity contribution in [2.24, 2.45) is 0 Å². The number of carbonyl (C=O) groups is 3. The summed E-state index contributed by atoms with van der Waals surface area (Å²) in [5.74, 6) is -2.36. The van der Waals surface area contributed by atoms with E-state index in [0.717, 1.165) is 22.2 Å². The number of carboxylic acid groups (broad SMARTS) is 1. The van der Waals surface area contributed by atoms with Crippen molar-refractivity contribution in [3.05, 3.63) is 69.6 Å². The van der Waals surface area contributed by atoms with Gasteiger partial charge in [0.15, 0.2) is 0 Å². The van der Waals surface area contributed by atoms with Crippen LogP contribution in [-0.2, 0) is 20.9 Å². The van der Waals surface area contributed by atoms with Crippen molar-refractivity contribution in [3.8, 4) is 0 Å². The number of fused-ring (bicyclic) bond motifs is 1. The van der Waals surface area contributed by atoms with E-state index in [0.29, 0.717) is 22.8 Å². The van der Waals surface area contributed by atoms with E-state index in [9.17, 15) is 19.5 Å². The van der Waals surface area contributed by atoms with Gasteiger partial charge in [-0.2, -0.15) is 0 Å². The quantitative estimate of drug-likeness (QED) is 0.518. The van der Waals surface area contributed by atoms with Crippen LogP contribution in [0.25, 0.3) is 5.57 Å². The third-order valence-corrected chi connectivity index (χ3v) is 6.58. The number of carbonyl (C=O) groups excluding carboxylic acids is 3. The van der Waals surface area contributed by atoms with Gasteiger partial charge in [-0.3, -0.25) is 14.5 Å². The molecule has 0 aliphatic carbocycles. The number of benzene rings is 2. The number of rotatable bonds is 4. The normalized spacial score (nSPS) is 19.5. The number of para-hydroxylation sites is 1. The van der Waals surface area contributed by atoms with Crippen LogP contribution in [0.15, 0.2) is 53.4 Å². The molecule has 0 N–H and O–H groups in total. The van der Waals surface area contributed by atoms with Crippen LogP contribution >= 0.6 is 35.6 Å². The molecule has 0 radical (unpaired) electrons. The second-order valence-corrected chi connectivity index (χ2v) is 8.86. The van der Waals surface area contributed by atoms with E-state index < -0.39 is 17.9 Å². The first kappa shape index (κ1) is 20.6. The van der Waals surface area contributed by atoms with E-state index in [1.165, 1.54) is 6.92 Å². The molecule has 0 spiro atoms. The number of hydrogen-bond acceptors (Lipinski definition) is 6. The summed E-state index contributed by atoms with van der Waals surface area (Å²) in [4.78, 5) is 40.3. The third kappa shape index (κ3) is 3.40. The van der Waals surface area contributed by atoms with Gasteiger partial charge < -0.3 is 14.8 Å². The second kappa shape index (κ2) is 7.86. The molecule has 152 valence electrons. The molecular formula is C21H14ClN2O4S2-. The Morgan fingerprint density at radius 2 is 1.80 bits per heavy atom. The van der Waals surface area contributed by atoms with Crippen LogP contribution in [0, 0.1) is 0 Å². The van der Waals surface area contributed by atoms with Crippen LogP contribution in [0.2, 0.25) is 5.02 Å². The number of anilines is 1. The predicted octanol–water partition coefficient (Wildman–Crippen LogP) is 2.60. The van der Waals surface area contributed by atoms with E-state index in [1.54, 1.807) is 35.2 Å². The first-order valence-corrected chi connectivity index (χ1v) is 10.6. The molecule has 2 heterocycles. The number of thiocarbonyl (C=S) groups is 1. The van der Waals surface area contributed by atoms with Gasteiger partial charge >= 0.3 is 0 Å². The van der Waals surface area contributed by atoms with Gasteiger partial charge in [-0.25, -0.2) is 0 Å². The second-order valence-electron chi connectivity index (χ2n) is 6.78. The van der Waals surface area contributed by atoms with Crippen LogP contribution < -0.4 is 10.0 Å². The fraction of sp³-hybridized carbons (Fsp3) is 0.143. The van der Waals surface area contributed by atoms with E-state index in [-0.39, 0.29) is 20.7 Å². The van der Waals surface area contributed by atoms with Crippen molar-refractivity contribution in [1.82, 2.24) is 4.90 Å². The van der Waals surface area contributed by atoms with E-state index in [2.05, 4.69) is 0 Å². The van der Waals surface area contributed by atoms with Gasteiger partial charge in [-0.05, 0) is 30.7 Å². The molecule has 2 aliphatic heterocycles. The molecule has 0 aromatic heterocycles. The minimum Gasteiger partial charge on any atom is -0.548 e. The molecule has 0 saturated carbocycles. The fourth-order valence-electron chi connectivity index (χ4n) is 3.40. The summed E-state index contributed by atoms with van der Waals surface area (Å²) in [5, 5.41) is 11.9. The maximum absolute atomic E-state index is 13.4.